The van der Waals surface area contributed by atoms with Crippen LogP contribution < -0.4 is 4.74 Å². The largest absolute Gasteiger partial charge is 0.481 e. The van der Waals surface area contributed by atoms with Gasteiger partial charge in [0.05, 0.1) is 6.42 Å². The average molecular weight is 415 g/mol. The molecule has 0 radical (unpaired) electrons. The zero-order chi connectivity index (χ0) is 20.8. The number of carbonyl (C=O) groups excluding carboxylic acids is 2. The number of thiophene rings is 1. The Morgan fingerprint density at radius 2 is 1.69 bits per heavy atom. The first kappa shape index (κ1) is 21.4. The number of hydrogen-bond acceptors (Lipinski definition) is 4. The molecule has 1 aromatic heterocycles. The molecule has 0 aliphatic carbocycles. The fraction of sp³-hybridized carbons (Fsp3) is 0.478. The maximum absolute atomic E-state index is 12.9. The Labute approximate surface area is 177 Å². The van der Waals surface area contributed by atoms with Crippen molar-refractivity contribution in [2.45, 2.75) is 45.6 Å². The minimum atomic E-state index is -0.548. The minimum absolute atomic E-state index is 0.0227. The van der Waals surface area contributed by atoms with Gasteiger partial charge in [-0.25, -0.2) is 0 Å². The lowest BCUT2D eigenvalue weighted by Crippen LogP contribution is -2.43. The summed E-state index contributed by atoms with van der Waals surface area (Å²) in [4.78, 5) is 30.2. The minimum Gasteiger partial charge on any atom is -0.481 e. The molecule has 0 N–H and O–H groups in total. The Bertz CT molecular complexity index is 802. The molecular weight excluding hydrogens is 384 g/mol. The van der Waals surface area contributed by atoms with Crippen molar-refractivity contribution < 1.29 is 14.3 Å². The molecule has 1 aromatic carbocycles. The molecule has 6 heteroatoms. The zero-order valence-electron chi connectivity index (χ0n) is 17.5. The van der Waals surface area contributed by atoms with Gasteiger partial charge in [0.1, 0.15) is 5.75 Å². The first-order valence-electron chi connectivity index (χ1n) is 10.3. The molecule has 2 heterocycles. The number of hydrogen-bond donors (Lipinski definition) is 0. The molecule has 0 spiro atoms. The molecule has 0 bridgehead atoms. The van der Waals surface area contributed by atoms with Crippen LogP contribution in [0.1, 0.15) is 43.6 Å². The molecule has 1 unspecified atom stereocenters. The van der Waals surface area contributed by atoms with Crippen molar-refractivity contribution in [3.05, 3.63) is 52.2 Å². The van der Waals surface area contributed by atoms with Gasteiger partial charge in [-0.1, -0.05) is 32.0 Å². The summed E-state index contributed by atoms with van der Waals surface area (Å²) in [7, 11) is 0. The fourth-order valence-corrected chi connectivity index (χ4v) is 4.20. The van der Waals surface area contributed by atoms with Crippen LogP contribution >= 0.6 is 11.3 Å². The molecule has 2 amide bonds. The zero-order valence-corrected chi connectivity index (χ0v) is 18.3. The molecular formula is C23H30N2O3S. The van der Waals surface area contributed by atoms with Gasteiger partial charge in [0.25, 0.3) is 5.91 Å². The Hall–Kier alpha value is -2.34. The summed E-state index contributed by atoms with van der Waals surface area (Å²) in [5.41, 5.74) is 1.25. The van der Waals surface area contributed by atoms with E-state index in [9.17, 15) is 9.59 Å². The van der Waals surface area contributed by atoms with E-state index in [1.165, 1.54) is 5.56 Å². The van der Waals surface area contributed by atoms with Crippen molar-refractivity contribution in [3.63, 3.8) is 0 Å². The van der Waals surface area contributed by atoms with Crippen LogP contribution in [0.3, 0.4) is 0 Å². The quantitative estimate of drug-likeness (QED) is 0.719. The van der Waals surface area contributed by atoms with E-state index < -0.39 is 6.10 Å². The van der Waals surface area contributed by atoms with Crippen molar-refractivity contribution in [3.8, 4) is 5.75 Å². The van der Waals surface area contributed by atoms with E-state index in [1.54, 1.807) is 18.3 Å². The van der Waals surface area contributed by atoms with E-state index >= 15 is 0 Å². The van der Waals surface area contributed by atoms with Crippen LogP contribution in [0.15, 0.2) is 41.8 Å². The highest BCUT2D eigenvalue weighted by Crippen LogP contribution is 2.20. The van der Waals surface area contributed by atoms with Gasteiger partial charge < -0.3 is 14.5 Å². The Balaban J connectivity index is 1.52. The molecule has 1 aliphatic rings. The van der Waals surface area contributed by atoms with Crippen molar-refractivity contribution in [1.29, 1.82) is 0 Å². The summed E-state index contributed by atoms with van der Waals surface area (Å²) in [6.07, 6.45) is 0.683. The second-order valence-corrected chi connectivity index (χ2v) is 8.83. The number of nitrogens with zero attached hydrogens (tertiary/aromatic N) is 2. The lowest BCUT2D eigenvalue weighted by molar-refractivity contribution is -0.138. The van der Waals surface area contributed by atoms with E-state index in [2.05, 4.69) is 13.8 Å². The van der Waals surface area contributed by atoms with Gasteiger partial charge in [0, 0.05) is 31.1 Å². The van der Waals surface area contributed by atoms with Crippen LogP contribution in [0.5, 0.6) is 5.75 Å². The molecule has 1 fully saturated rings. The van der Waals surface area contributed by atoms with Gasteiger partial charge in [-0.15, -0.1) is 11.3 Å². The van der Waals surface area contributed by atoms with Crippen LogP contribution in [0.25, 0.3) is 0 Å². The van der Waals surface area contributed by atoms with E-state index in [4.69, 9.17) is 4.74 Å². The smallest absolute Gasteiger partial charge is 0.263 e. The highest BCUT2D eigenvalue weighted by atomic mass is 32.1. The first-order chi connectivity index (χ1) is 13.9. The Morgan fingerprint density at radius 1 is 1.00 bits per heavy atom. The Morgan fingerprint density at radius 3 is 2.34 bits per heavy atom. The summed E-state index contributed by atoms with van der Waals surface area (Å²) in [6.45, 7) is 8.57. The summed E-state index contributed by atoms with van der Waals surface area (Å²) in [6, 6.07) is 11.9. The third kappa shape index (κ3) is 5.82. The van der Waals surface area contributed by atoms with Gasteiger partial charge in [-0.2, -0.15) is 0 Å². The third-order valence-electron chi connectivity index (χ3n) is 5.27. The van der Waals surface area contributed by atoms with Crippen molar-refractivity contribution in [2.75, 3.05) is 26.2 Å². The average Bonchev–Trinajstić information content (AvgIpc) is 3.09. The number of amides is 2. The Kier molecular flexibility index (Phi) is 7.31. The second kappa shape index (κ2) is 9.92. The molecule has 5 nitrogen and oxygen atoms in total. The van der Waals surface area contributed by atoms with Crippen LogP contribution in [-0.4, -0.2) is 53.9 Å². The van der Waals surface area contributed by atoms with Crippen LogP contribution in [-0.2, 0) is 16.0 Å². The van der Waals surface area contributed by atoms with Crippen LogP contribution in [0, 0.1) is 0 Å². The van der Waals surface area contributed by atoms with Crippen LogP contribution in [0.4, 0.5) is 0 Å². The van der Waals surface area contributed by atoms with E-state index in [-0.39, 0.29) is 11.8 Å². The van der Waals surface area contributed by atoms with E-state index in [0.717, 1.165) is 11.3 Å². The maximum atomic E-state index is 12.9. The van der Waals surface area contributed by atoms with Crippen molar-refractivity contribution in [1.82, 2.24) is 9.80 Å². The summed E-state index contributed by atoms with van der Waals surface area (Å²) in [5, 5.41) is 1.99. The van der Waals surface area contributed by atoms with Gasteiger partial charge in [-0.3, -0.25) is 9.59 Å². The summed E-state index contributed by atoms with van der Waals surface area (Å²) < 4.78 is 5.88. The number of rotatable bonds is 6. The van der Waals surface area contributed by atoms with Gasteiger partial charge in [0.2, 0.25) is 5.91 Å². The molecule has 1 aliphatic heterocycles. The molecule has 1 atom stereocenters. The molecule has 3 rings (SSSR count). The first-order valence-corrected chi connectivity index (χ1v) is 11.2. The topological polar surface area (TPSA) is 49.9 Å². The monoisotopic (exact) mass is 414 g/mol. The molecule has 1 saturated heterocycles. The molecule has 156 valence electrons. The number of benzene rings is 1. The van der Waals surface area contributed by atoms with Crippen LogP contribution in [0.2, 0.25) is 0 Å². The predicted molar refractivity (Wildman–Crippen MR) is 116 cm³/mol. The molecule has 0 saturated carbocycles. The fourth-order valence-electron chi connectivity index (χ4n) is 3.50. The highest BCUT2D eigenvalue weighted by molar-refractivity contribution is 7.10. The summed E-state index contributed by atoms with van der Waals surface area (Å²) >= 11 is 1.60. The lowest BCUT2D eigenvalue weighted by Gasteiger charge is -2.25. The maximum Gasteiger partial charge on any atom is 0.263 e. The highest BCUT2D eigenvalue weighted by Gasteiger charge is 2.26. The summed E-state index contributed by atoms with van der Waals surface area (Å²) in [5.74, 6) is 1.28. The van der Waals surface area contributed by atoms with Crippen molar-refractivity contribution >= 4 is 23.2 Å². The second-order valence-electron chi connectivity index (χ2n) is 7.80. The number of carbonyl (C=O) groups is 2. The van der Waals surface area contributed by atoms with Crippen molar-refractivity contribution in [2.24, 2.45) is 0 Å². The lowest BCUT2D eigenvalue weighted by atomic mass is 10.0. The van der Waals surface area contributed by atoms with Gasteiger partial charge in [-0.05, 0) is 48.4 Å². The number of ether oxygens (including phenoxy) is 1. The van der Waals surface area contributed by atoms with E-state index in [1.807, 2.05) is 51.6 Å². The normalized spacial score (nSPS) is 15.9. The standard InChI is InChI=1S/C23H30N2O3S/c1-17(2)19-7-9-20(10-8-19)28-18(3)23(27)25-12-5-11-24(13-14-25)22(26)16-21-6-4-15-29-21/h4,6-10,15,17-18H,5,11-14,16H2,1-3H3. The third-order valence-corrected chi connectivity index (χ3v) is 6.15. The van der Waals surface area contributed by atoms with Gasteiger partial charge in [0.15, 0.2) is 6.10 Å². The van der Waals surface area contributed by atoms with E-state index in [0.29, 0.717) is 44.3 Å². The van der Waals surface area contributed by atoms with Gasteiger partial charge >= 0.3 is 0 Å². The molecule has 2 aromatic rings. The predicted octanol–water partition coefficient (Wildman–Crippen LogP) is 3.94. The molecule has 29 heavy (non-hydrogen) atoms. The SMILES string of the molecule is CC(Oc1ccc(C(C)C)cc1)C(=O)N1CCCN(C(=O)Cc2cccs2)CC1.